The smallest absolute Gasteiger partial charge is 0.337 e. The molecule has 1 aromatic heterocycles. The molecule has 0 unspecified atom stereocenters. The van der Waals surface area contributed by atoms with Crippen molar-refractivity contribution in [3.05, 3.63) is 90.1 Å². The average Bonchev–Trinajstić information content (AvgIpc) is 3.33. The predicted molar refractivity (Wildman–Crippen MR) is 157 cm³/mol. The van der Waals surface area contributed by atoms with Gasteiger partial charge in [-0.25, -0.2) is 4.79 Å². The summed E-state index contributed by atoms with van der Waals surface area (Å²) in [6.07, 6.45) is 1.80. The van der Waals surface area contributed by atoms with Crippen molar-refractivity contribution in [2.24, 2.45) is 5.92 Å². The molecule has 0 spiro atoms. The fourth-order valence-electron chi connectivity index (χ4n) is 4.65. The molecule has 3 aromatic carbocycles. The molecule has 0 aliphatic heterocycles. The number of hydrogen-bond donors (Lipinski definition) is 0. The highest BCUT2D eigenvalue weighted by Gasteiger charge is 2.35. The number of ether oxygens (including phenoxy) is 5. The van der Waals surface area contributed by atoms with Gasteiger partial charge in [-0.15, -0.1) is 0 Å². The lowest BCUT2D eigenvalue weighted by Gasteiger charge is -2.33. The van der Waals surface area contributed by atoms with Crippen LogP contribution in [0.4, 0.5) is 0 Å². The van der Waals surface area contributed by atoms with Crippen molar-refractivity contribution in [2.45, 2.75) is 40.0 Å². The minimum atomic E-state index is -1.15. The molecule has 0 radical (unpaired) electrons. The first-order chi connectivity index (χ1) is 19.8. The molecule has 0 N–H and O–H groups in total. The maximum Gasteiger partial charge on any atom is 0.337 e. The Balaban J connectivity index is 1.62. The third kappa shape index (κ3) is 7.14. The Morgan fingerprint density at radius 3 is 2.10 bits per heavy atom. The van der Waals surface area contributed by atoms with Gasteiger partial charge in [0, 0.05) is 41.8 Å². The van der Waals surface area contributed by atoms with Crippen LogP contribution in [0, 0.1) is 5.92 Å². The number of nitrogens with zero attached hydrogens (tertiary/aromatic N) is 1. The van der Waals surface area contributed by atoms with E-state index in [1.54, 1.807) is 18.3 Å². The van der Waals surface area contributed by atoms with Crippen molar-refractivity contribution in [3.63, 3.8) is 0 Å². The molecule has 0 atom stereocenters. The summed E-state index contributed by atoms with van der Waals surface area (Å²) in [5, 5.41) is 0.670. The number of fused-ring (bicyclic) bond motifs is 1. The zero-order valence-electron chi connectivity index (χ0n) is 24.2. The lowest BCUT2D eigenvalue weighted by atomic mass is 10.00. The summed E-state index contributed by atoms with van der Waals surface area (Å²) in [4.78, 5) is 25.4. The van der Waals surface area contributed by atoms with Crippen molar-refractivity contribution in [1.82, 2.24) is 4.57 Å². The summed E-state index contributed by atoms with van der Waals surface area (Å²) >= 11 is 0. The maximum absolute atomic E-state index is 13.2. The highest BCUT2D eigenvalue weighted by molar-refractivity contribution is 6.10. The Morgan fingerprint density at radius 1 is 0.854 bits per heavy atom. The lowest BCUT2D eigenvalue weighted by Crippen LogP contribution is -2.46. The average molecular weight is 560 g/mol. The van der Waals surface area contributed by atoms with Crippen molar-refractivity contribution in [2.75, 3.05) is 26.9 Å². The van der Waals surface area contributed by atoms with Crippen LogP contribution in [0.15, 0.2) is 79.0 Å². The minimum absolute atomic E-state index is 0.0248. The van der Waals surface area contributed by atoms with E-state index >= 15 is 0 Å². The molecule has 0 aliphatic rings. The molecule has 8 heteroatoms. The van der Waals surface area contributed by atoms with Crippen LogP contribution < -0.4 is 9.47 Å². The first kappa shape index (κ1) is 29.8. The number of ketones is 1. The van der Waals surface area contributed by atoms with E-state index in [4.69, 9.17) is 23.7 Å². The second-order valence-corrected chi connectivity index (χ2v) is 9.87. The quantitative estimate of drug-likeness (QED) is 0.0943. The van der Waals surface area contributed by atoms with E-state index in [0.717, 1.165) is 11.3 Å². The van der Waals surface area contributed by atoms with Gasteiger partial charge < -0.3 is 28.3 Å². The summed E-state index contributed by atoms with van der Waals surface area (Å²) in [5.41, 5.74) is 1.67. The van der Waals surface area contributed by atoms with E-state index < -0.39 is 11.8 Å². The van der Waals surface area contributed by atoms with Crippen molar-refractivity contribution in [3.8, 4) is 17.2 Å². The normalized spacial score (nSPS) is 11.6. The maximum atomic E-state index is 13.2. The van der Waals surface area contributed by atoms with Gasteiger partial charge in [-0.2, -0.15) is 0 Å². The molecular formula is C33H37NO7. The molecule has 8 nitrogen and oxygen atoms in total. The standard InChI is InChI=1S/C33H37NO7/c1-6-39-33(40-7-2,22-38-25-14-16-27(17-15-25)41-26-11-9-8-10-12-26)21-34-20-29(31(35)23(3)4)28-19-24(32(36)37-5)13-18-30(28)34/h8-20,23H,6-7,21-22H2,1-5H3. The number of Topliss-reactive ketones (excluding diaryl/α,β-unsaturated/α-hetero) is 1. The molecule has 0 bridgehead atoms. The van der Waals surface area contributed by atoms with E-state index in [1.165, 1.54) is 7.11 Å². The van der Waals surface area contributed by atoms with E-state index in [9.17, 15) is 9.59 Å². The fraction of sp³-hybridized carbons (Fsp3) is 0.333. The molecule has 0 saturated heterocycles. The van der Waals surface area contributed by atoms with Crippen molar-refractivity contribution < 1.29 is 33.3 Å². The Bertz CT molecular complexity index is 1450. The highest BCUT2D eigenvalue weighted by Crippen LogP contribution is 2.30. The van der Waals surface area contributed by atoms with Gasteiger partial charge in [-0.05, 0) is 68.4 Å². The Morgan fingerprint density at radius 2 is 1.49 bits per heavy atom. The van der Waals surface area contributed by atoms with E-state index in [0.29, 0.717) is 41.2 Å². The van der Waals surface area contributed by atoms with Gasteiger partial charge in [-0.3, -0.25) is 4.79 Å². The second-order valence-electron chi connectivity index (χ2n) is 9.87. The van der Waals surface area contributed by atoms with Gasteiger partial charge in [0.15, 0.2) is 5.78 Å². The Hall–Kier alpha value is -4.14. The molecule has 0 aliphatic carbocycles. The highest BCUT2D eigenvalue weighted by atomic mass is 16.7. The van der Waals surface area contributed by atoms with Gasteiger partial charge in [0.05, 0.1) is 19.2 Å². The van der Waals surface area contributed by atoms with Crippen LogP contribution in [0.2, 0.25) is 0 Å². The summed E-state index contributed by atoms with van der Waals surface area (Å²) < 4.78 is 31.3. The molecule has 0 saturated carbocycles. The van der Waals surface area contributed by atoms with Gasteiger partial charge >= 0.3 is 5.97 Å². The largest absolute Gasteiger partial charge is 0.488 e. The number of methoxy groups -OCH3 is 1. The summed E-state index contributed by atoms with van der Waals surface area (Å²) in [6, 6.07) is 22.1. The molecule has 0 fully saturated rings. The third-order valence-corrected chi connectivity index (χ3v) is 6.58. The second kappa shape index (κ2) is 13.5. The monoisotopic (exact) mass is 559 g/mol. The number of para-hydroxylation sites is 1. The molecule has 4 aromatic rings. The van der Waals surface area contributed by atoms with Crippen LogP contribution in [0.3, 0.4) is 0 Å². The number of carbonyl (C=O) groups excluding carboxylic acids is 2. The first-order valence-corrected chi connectivity index (χ1v) is 13.8. The molecule has 4 rings (SSSR count). The topological polar surface area (TPSA) is 85.2 Å². The Kier molecular flexibility index (Phi) is 9.81. The van der Waals surface area contributed by atoms with Crippen LogP contribution in [0.5, 0.6) is 17.2 Å². The third-order valence-electron chi connectivity index (χ3n) is 6.58. The van der Waals surface area contributed by atoms with Crippen LogP contribution >= 0.6 is 0 Å². The zero-order chi connectivity index (χ0) is 29.4. The van der Waals surface area contributed by atoms with E-state index in [2.05, 4.69) is 0 Å². The van der Waals surface area contributed by atoms with E-state index in [-0.39, 0.29) is 24.9 Å². The SMILES string of the molecule is CCOC(COc1ccc(Oc2ccccc2)cc1)(Cn1cc(C(=O)C(C)C)c2cc(C(=O)OC)ccc21)OCC. The van der Waals surface area contributed by atoms with E-state index in [1.807, 2.05) is 92.9 Å². The summed E-state index contributed by atoms with van der Waals surface area (Å²) in [5.74, 6) is 0.213. The van der Waals surface area contributed by atoms with Gasteiger partial charge in [-0.1, -0.05) is 32.0 Å². The number of benzene rings is 3. The molecule has 216 valence electrons. The van der Waals surface area contributed by atoms with Gasteiger partial charge in [0.1, 0.15) is 23.9 Å². The Labute approximate surface area is 240 Å². The number of rotatable bonds is 14. The number of carbonyl (C=O) groups is 2. The lowest BCUT2D eigenvalue weighted by molar-refractivity contribution is -0.253. The van der Waals surface area contributed by atoms with Crippen LogP contribution in [0.1, 0.15) is 48.4 Å². The van der Waals surface area contributed by atoms with Crippen molar-refractivity contribution >= 4 is 22.7 Å². The molecule has 0 amide bonds. The fourth-order valence-corrected chi connectivity index (χ4v) is 4.65. The first-order valence-electron chi connectivity index (χ1n) is 13.8. The van der Waals surface area contributed by atoms with Crippen LogP contribution in [-0.2, 0) is 20.8 Å². The van der Waals surface area contributed by atoms with Crippen LogP contribution in [-0.4, -0.2) is 49.0 Å². The van der Waals surface area contributed by atoms with Crippen molar-refractivity contribution in [1.29, 1.82) is 0 Å². The number of aromatic nitrogens is 1. The zero-order valence-corrected chi connectivity index (χ0v) is 24.2. The summed E-state index contributed by atoms with van der Waals surface area (Å²) in [6.45, 7) is 8.62. The summed E-state index contributed by atoms with van der Waals surface area (Å²) in [7, 11) is 1.33. The van der Waals surface area contributed by atoms with Gasteiger partial charge in [0.25, 0.3) is 0 Å². The number of hydrogen-bond acceptors (Lipinski definition) is 7. The number of esters is 1. The predicted octanol–water partition coefficient (Wildman–Crippen LogP) is 6.91. The molecular weight excluding hydrogens is 522 g/mol. The molecule has 41 heavy (non-hydrogen) atoms. The van der Waals surface area contributed by atoms with Gasteiger partial charge in [0.2, 0.25) is 5.79 Å². The van der Waals surface area contributed by atoms with Crippen LogP contribution in [0.25, 0.3) is 10.9 Å². The minimum Gasteiger partial charge on any atom is -0.488 e. The molecule has 1 heterocycles.